The lowest BCUT2D eigenvalue weighted by atomic mass is 10.1. The fourth-order valence-corrected chi connectivity index (χ4v) is 1.46. The van der Waals surface area contributed by atoms with E-state index in [1.165, 1.54) is 7.11 Å². The van der Waals surface area contributed by atoms with E-state index in [2.05, 4.69) is 22.7 Å². The zero-order valence-corrected chi connectivity index (χ0v) is 11.5. The van der Waals surface area contributed by atoms with Gasteiger partial charge in [0.25, 0.3) is 0 Å². The van der Waals surface area contributed by atoms with E-state index in [4.69, 9.17) is 15.2 Å². The predicted molar refractivity (Wildman–Crippen MR) is 76.3 cm³/mol. The van der Waals surface area contributed by atoms with Crippen LogP contribution < -0.4 is 11.2 Å². The maximum atomic E-state index is 11.9. The summed E-state index contributed by atoms with van der Waals surface area (Å²) < 4.78 is 10.4. The summed E-state index contributed by atoms with van der Waals surface area (Å²) in [6.07, 6.45) is 6.73. The number of carbonyl (C=O) groups excluding carboxylic acids is 1. The van der Waals surface area contributed by atoms with E-state index in [1.807, 2.05) is 6.08 Å². The summed E-state index contributed by atoms with van der Waals surface area (Å²) >= 11 is 4.56. The van der Waals surface area contributed by atoms with E-state index in [0.29, 0.717) is 23.5 Å². The van der Waals surface area contributed by atoms with Gasteiger partial charge in [-0.25, -0.2) is 0 Å². The van der Waals surface area contributed by atoms with Crippen LogP contribution in [0.3, 0.4) is 0 Å². The van der Waals surface area contributed by atoms with Gasteiger partial charge >= 0.3 is 0 Å². The Morgan fingerprint density at radius 1 is 1.53 bits per heavy atom. The summed E-state index contributed by atoms with van der Waals surface area (Å²) in [5.74, 6) is 0.859. The highest BCUT2D eigenvalue weighted by Crippen LogP contribution is 2.19. The molecule has 6 nitrogen and oxygen atoms in total. The Bertz CT molecular complexity index is 492. The zero-order chi connectivity index (χ0) is 14.3. The number of Topliss-reactive ketones (excluding diaryl/α,β-unsaturated/α-hetero) is 1. The number of hydrogen-bond donors (Lipinski definition) is 2. The highest BCUT2D eigenvalue weighted by Gasteiger charge is 2.12. The van der Waals surface area contributed by atoms with Crippen LogP contribution in [-0.4, -0.2) is 31.3 Å². The number of ether oxygens (including phenoxy) is 2. The van der Waals surface area contributed by atoms with Crippen molar-refractivity contribution in [3.05, 3.63) is 35.3 Å². The quantitative estimate of drug-likeness (QED) is 0.440. The molecule has 1 rings (SSSR count). The van der Waals surface area contributed by atoms with Crippen molar-refractivity contribution in [1.82, 2.24) is 5.43 Å². The fourth-order valence-electron chi connectivity index (χ4n) is 1.40. The molecule has 0 bridgehead atoms. The third-order valence-electron chi connectivity index (χ3n) is 2.27. The van der Waals surface area contributed by atoms with E-state index in [0.717, 1.165) is 6.21 Å². The number of hydrazone groups is 1. The Labute approximate surface area is 116 Å². The van der Waals surface area contributed by atoms with Gasteiger partial charge in [-0.1, -0.05) is 12.2 Å². The van der Waals surface area contributed by atoms with Gasteiger partial charge < -0.3 is 15.2 Å². The fraction of sp³-hybridized carbons (Fsp3) is 0.250. The van der Waals surface area contributed by atoms with Crippen LogP contribution in [0.15, 0.2) is 40.4 Å². The van der Waals surface area contributed by atoms with Gasteiger partial charge in [0.05, 0.1) is 20.4 Å². The number of thiocarbonyl (C=S) groups is 1. The second kappa shape index (κ2) is 7.32. The Hall–Kier alpha value is -2.15. The number of methoxy groups -OCH3 is 2. The molecule has 0 amide bonds. The van der Waals surface area contributed by atoms with Crippen LogP contribution in [0.2, 0.25) is 0 Å². The van der Waals surface area contributed by atoms with Crippen LogP contribution in [0.4, 0.5) is 0 Å². The zero-order valence-electron chi connectivity index (χ0n) is 10.7. The lowest BCUT2D eigenvalue weighted by molar-refractivity contribution is -0.109. The number of nitrogens with zero attached hydrogens (tertiary/aromatic N) is 1. The van der Waals surface area contributed by atoms with Gasteiger partial charge in [-0.15, -0.1) is 0 Å². The maximum Gasteiger partial charge on any atom is 0.205 e. The first-order valence-electron chi connectivity index (χ1n) is 5.40. The molecule has 1 aliphatic carbocycles. The monoisotopic (exact) mass is 281 g/mol. The van der Waals surface area contributed by atoms with Crippen molar-refractivity contribution in [2.24, 2.45) is 10.8 Å². The standard InChI is InChI=1S/C12H15N3O3S/c1-17-10-5-3-4-8(6-11(10)18-2)9(16)7-14-15-12(13)19/h3-4,6-7H,5H2,1-2H3,(H3,13,15,19)/b14-7+. The molecule has 0 radical (unpaired) electrons. The first-order valence-corrected chi connectivity index (χ1v) is 5.81. The lowest BCUT2D eigenvalue weighted by Crippen LogP contribution is -2.24. The molecule has 19 heavy (non-hydrogen) atoms. The first kappa shape index (κ1) is 14.9. The minimum absolute atomic E-state index is 0.00594. The van der Waals surface area contributed by atoms with Crippen molar-refractivity contribution in [1.29, 1.82) is 0 Å². The lowest BCUT2D eigenvalue weighted by Gasteiger charge is -2.07. The molecular formula is C12H15N3O3S. The van der Waals surface area contributed by atoms with E-state index in [1.54, 1.807) is 19.3 Å². The average Bonchev–Trinajstić information content (AvgIpc) is 2.59. The molecule has 0 atom stereocenters. The number of ketones is 1. The van der Waals surface area contributed by atoms with Crippen LogP contribution in [0, 0.1) is 0 Å². The van der Waals surface area contributed by atoms with E-state index in [-0.39, 0.29) is 10.9 Å². The molecule has 0 aliphatic heterocycles. The molecule has 0 heterocycles. The second-order valence-corrected chi connectivity index (χ2v) is 3.94. The van der Waals surface area contributed by atoms with Gasteiger partial charge in [-0.05, 0) is 18.3 Å². The molecule has 0 aromatic rings. The van der Waals surface area contributed by atoms with Gasteiger partial charge in [0.15, 0.2) is 10.9 Å². The van der Waals surface area contributed by atoms with Gasteiger partial charge in [-0.3, -0.25) is 10.2 Å². The number of hydrogen-bond acceptors (Lipinski definition) is 5. The molecule has 0 fully saturated rings. The SMILES string of the molecule is COC1=C(OC)CC=CC(C(=O)/C=N/NC(N)=S)=C1. The summed E-state index contributed by atoms with van der Waals surface area (Å²) in [4.78, 5) is 11.9. The number of nitrogens with one attached hydrogen (secondary N) is 1. The predicted octanol–water partition coefficient (Wildman–Crippen LogP) is 0.765. The van der Waals surface area contributed by atoms with Crippen molar-refractivity contribution in [2.45, 2.75) is 6.42 Å². The number of carbonyl (C=O) groups is 1. The second-order valence-electron chi connectivity index (χ2n) is 3.50. The largest absolute Gasteiger partial charge is 0.497 e. The van der Waals surface area contributed by atoms with Crippen LogP contribution in [0.5, 0.6) is 0 Å². The van der Waals surface area contributed by atoms with Crippen LogP contribution >= 0.6 is 12.2 Å². The van der Waals surface area contributed by atoms with Crippen LogP contribution in [0.1, 0.15) is 6.42 Å². The van der Waals surface area contributed by atoms with Crippen molar-refractivity contribution in [3.8, 4) is 0 Å². The normalized spacial score (nSPS) is 14.9. The summed E-state index contributed by atoms with van der Waals surface area (Å²) in [6.45, 7) is 0. The number of nitrogens with two attached hydrogens (primary N) is 1. The van der Waals surface area contributed by atoms with Gasteiger partial charge in [-0.2, -0.15) is 5.10 Å². The van der Waals surface area contributed by atoms with Gasteiger partial charge in [0.1, 0.15) is 5.76 Å². The minimum Gasteiger partial charge on any atom is -0.497 e. The Morgan fingerprint density at radius 3 is 2.84 bits per heavy atom. The van der Waals surface area contributed by atoms with Gasteiger partial charge in [0, 0.05) is 12.0 Å². The minimum atomic E-state index is -0.299. The average molecular weight is 281 g/mol. The summed E-state index contributed by atoms with van der Waals surface area (Å²) in [5.41, 5.74) is 7.93. The third-order valence-corrected chi connectivity index (χ3v) is 2.36. The Morgan fingerprint density at radius 2 is 2.26 bits per heavy atom. The topological polar surface area (TPSA) is 85.9 Å². The van der Waals surface area contributed by atoms with Crippen molar-refractivity contribution in [3.63, 3.8) is 0 Å². The molecule has 3 N–H and O–H groups in total. The number of allylic oxidation sites excluding steroid dienone is 4. The van der Waals surface area contributed by atoms with Crippen molar-refractivity contribution < 1.29 is 14.3 Å². The first-order chi connectivity index (χ1) is 9.08. The van der Waals surface area contributed by atoms with Crippen molar-refractivity contribution in [2.75, 3.05) is 14.2 Å². The van der Waals surface area contributed by atoms with E-state index < -0.39 is 0 Å². The molecule has 0 spiro atoms. The third kappa shape index (κ3) is 4.55. The molecule has 0 aromatic heterocycles. The molecule has 7 heteroatoms. The van der Waals surface area contributed by atoms with E-state index >= 15 is 0 Å². The van der Waals surface area contributed by atoms with Gasteiger partial charge in [0.2, 0.25) is 5.78 Å². The maximum absolute atomic E-state index is 11.9. The number of rotatable bonds is 5. The highest BCUT2D eigenvalue weighted by atomic mass is 32.1. The summed E-state index contributed by atoms with van der Waals surface area (Å²) in [7, 11) is 3.07. The molecule has 1 aliphatic rings. The molecular weight excluding hydrogens is 266 g/mol. The Kier molecular flexibility index (Phi) is 5.74. The van der Waals surface area contributed by atoms with E-state index in [9.17, 15) is 4.79 Å². The molecule has 102 valence electrons. The molecule has 0 saturated heterocycles. The van der Waals surface area contributed by atoms with Crippen LogP contribution in [-0.2, 0) is 14.3 Å². The molecule has 0 saturated carbocycles. The van der Waals surface area contributed by atoms with Crippen molar-refractivity contribution >= 4 is 29.3 Å². The summed E-state index contributed by atoms with van der Waals surface area (Å²) in [5, 5.41) is 3.61. The Balaban J connectivity index is 2.90. The highest BCUT2D eigenvalue weighted by molar-refractivity contribution is 7.80. The summed E-state index contributed by atoms with van der Waals surface area (Å²) in [6, 6.07) is 0. The molecule has 0 unspecified atom stereocenters. The molecule has 0 aromatic carbocycles. The van der Waals surface area contributed by atoms with Crippen LogP contribution in [0.25, 0.3) is 0 Å². The smallest absolute Gasteiger partial charge is 0.205 e.